The molecule has 0 aliphatic carbocycles. The van der Waals surface area contributed by atoms with Crippen molar-refractivity contribution in [3.05, 3.63) is 64.9 Å². The molecule has 3 heterocycles. The first kappa shape index (κ1) is 17.8. The fourth-order valence-corrected chi connectivity index (χ4v) is 4.41. The number of carbonyl (C=O) groups excluding carboxylic acids is 1. The lowest BCUT2D eigenvalue weighted by Gasteiger charge is -2.25. The number of benzene rings is 1. The number of rotatable bonds is 6. The highest BCUT2D eigenvalue weighted by molar-refractivity contribution is 7.13. The summed E-state index contributed by atoms with van der Waals surface area (Å²) in [6, 6.07) is 11.6. The highest BCUT2D eigenvalue weighted by Gasteiger charge is 2.17. The first-order valence-electron chi connectivity index (χ1n) is 9.41. The molecule has 0 saturated carbocycles. The van der Waals surface area contributed by atoms with Crippen molar-refractivity contribution in [1.29, 1.82) is 0 Å². The molecule has 1 saturated heterocycles. The number of ketones is 1. The van der Waals surface area contributed by atoms with Gasteiger partial charge in [0.15, 0.2) is 10.9 Å². The summed E-state index contributed by atoms with van der Waals surface area (Å²) < 4.78 is 1.93. The molecule has 0 unspecified atom stereocenters. The lowest BCUT2D eigenvalue weighted by molar-refractivity contribution is 0.0984. The van der Waals surface area contributed by atoms with E-state index in [1.165, 1.54) is 19.3 Å². The number of nitrogens with two attached hydrogens (primary N) is 1. The van der Waals surface area contributed by atoms with E-state index < -0.39 is 0 Å². The van der Waals surface area contributed by atoms with Gasteiger partial charge in [-0.25, -0.2) is 4.98 Å². The van der Waals surface area contributed by atoms with E-state index in [2.05, 4.69) is 10.3 Å². The molecule has 2 N–H and O–H groups in total. The molecule has 0 radical (unpaired) electrons. The SMILES string of the molecule is Nc1cc(C(=O)Cc2ccccc2)n(Cc2csc(N3CCCCC3)n2)c1. The normalized spacial score (nSPS) is 14.4. The maximum Gasteiger partial charge on any atom is 0.185 e. The van der Waals surface area contributed by atoms with Crippen molar-refractivity contribution in [1.82, 2.24) is 9.55 Å². The summed E-state index contributed by atoms with van der Waals surface area (Å²) in [5.74, 6) is 0.0735. The van der Waals surface area contributed by atoms with Crippen molar-refractivity contribution >= 4 is 27.9 Å². The zero-order valence-corrected chi connectivity index (χ0v) is 16.1. The monoisotopic (exact) mass is 380 g/mol. The zero-order valence-electron chi connectivity index (χ0n) is 15.3. The molecule has 1 fully saturated rings. The fourth-order valence-electron chi connectivity index (χ4n) is 3.54. The number of hydrogen-bond donors (Lipinski definition) is 1. The molecule has 5 nitrogen and oxygen atoms in total. The minimum absolute atomic E-state index is 0.0735. The molecule has 1 aromatic carbocycles. The smallest absolute Gasteiger partial charge is 0.185 e. The third-order valence-electron chi connectivity index (χ3n) is 4.91. The lowest BCUT2D eigenvalue weighted by atomic mass is 10.1. The summed E-state index contributed by atoms with van der Waals surface area (Å²) >= 11 is 1.68. The van der Waals surface area contributed by atoms with Gasteiger partial charge in [-0.15, -0.1) is 11.3 Å². The van der Waals surface area contributed by atoms with Crippen LogP contribution < -0.4 is 10.6 Å². The van der Waals surface area contributed by atoms with Crippen molar-refractivity contribution < 1.29 is 4.79 Å². The van der Waals surface area contributed by atoms with Crippen LogP contribution in [0.25, 0.3) is 0 Å². The van der Waals surface area contributed by atoms with E-state index in [4.69, 9.17) is 10.7 Å². The fraction of sp³-hybridized carbons (Fsp3) is 0.333. The molecule has 4 rings (SSSR count). The predicted octanol–water partition coefficient (Wildman–Crippen LogP) is 3.99. The van der Waals surface area contributed by atoms with E-state index in [0.717, 1.165) is 29.5 Å². The number of piperidine rings is 1. The predicted molar refractivity (Wildman–Crippen MR) is 111 cm³/mol. The Kier molecular flexibility index (Phi) is 5.25. The lowest BCUT2D eigenvalue weighted by Crippen LogP contribution is -2.29. The number of carbonyl (C=O) groups is 1. The highest BCUT2D eigenvalue weighted by atomic mass is 32.1. The number of nitrogens with zero attached hydrogens (tertiary/aromatic N) is 3. The second-order valence-corrected chi connectivity index (χ2v) is 7.88. The first-order chi connectivity index (χ1) is 13.2. The molecular formula is C21H24N4OS. The summed E-state index contributed by atoms with van der Waals surface area (Å²) in [5, 5.41) is 3.17. The van der Waals surface area contributed by atoms with Crippen LogP contribution in [0.4, 0.5) is 10.8 Å². The van der Waals surface area contributed by atoms with Crippen LogP contribution >= 0.6 is 11.3 Å². The zero-order chi connectivity index (χ0) is 18.6. The van der Waals surface area contributed by atoms with E-state index in [1.54, 1.807) is 17.4 Å². The molecule has 0 atom stereocenters. The number of aromatic nitrogens is 2. The Bertz CT molecular complexity index is 909. The minimum Gasteiger partial charge on any atom is -0.397 e. The first-order valence-corrected chi connectivity index (χ1v) is 10.3. The Hall–Kier alpha value is -2.60. The topological polar surface area (TPSA) is 64.2 Å². The van der Waals surface area contributed by atoms with Crippen LogP contribution in [-0.4, -0.2) is 28.4 Å². The van der Waals surface area contributed by atoms with Crippen LogP contribution in [-0.2, 0) is 13.0 Å². The molecule has 0 amide bonds. The Morgan fingerprint density at radius 3 is 2.70 bits per heavy atom. The third-order valence-corrected chi connectivity index (χ3v) is 5.86. The van der Waals surface area contributed by atoms with Gasteiger partial charge in [0.05, 0.1) is 23.6 Å². The van der Waals surface area contributed by atoms with Gasteiger partial charge in [0, 0.05) is 31.1 Å². The molecule has 0 spiro atoms. The number of nitrogen functional groups attached to an aromatic ring is 1. The maximum atomic E-state index is 12.8. The van der Waals surface area contributed by atoms with E-state index in [-0.39, 0.29) is 5.78 Å². The average Bonchev–Trinajstić information content (AvgIpc) is 3.30. The van der Waals surface area contributed by atoms with Gasteiger partial charge in [-0.2, -0.15) is 0 Å². The second kappa shape index (κ2) is 7.96. The summed E-state index contributed by atoms with van der Waals surface area (Å²) in [6.07, 6.45) is 5.99. The van der Waals surface area contributed by atoms with Crippen LogP contribution in [0.5, 0.6) is 0 Å². The largest absolute Gasteiger partial charge is 0.397 e. The van der Waals surface area contributed by atoms with Gasteiger partial charge >= 0.3 is 0 Å². The maximum absolute atomic E-state index is 12.8. The standard InChI is InChI=1S/C21H24N4OS/c22-17-12-19(20(26)11-16-7-3-1-4-8-16)25(13-17)14-18-15-27-21(23-18)24-9-5-2-6-10-24/h1,3-4,7-8,12-13,15H,2,5-6,9-11,14,22H2. The Balaban J connectivity index is 1.49. The average molecular weight is 381 g/mol. The molecule has 6 heteroatoms. The van der Waals surface area contributed by atoms with E-state index in [9.17, 15) is 4.79 Å². The molecule has 1 aliphatic rings. The second-order valence-electron chi connectivity index (χ2n) is 7.04. The van der Waals surface area contributed by atoms with Gasteiger partial charge in [0.2, 0.25) is 0 Å². The summed E-state index contributed by atoms with van der Waals surface area (Å²) in [4.78, 5) is 19.9. The quantitative estimate of drug-likeness (QED) is 0.657. The van der Waals surface area contributed by atoms with Crippen molar-refractivity contribution in [3.63, 3.8) is 0 Å². The van der Waals surface area contributed by atoms with Crippen molar-refractivity contribution in [2.24, 2.45) is 0 Å². The van der Waals surface area contributed by atoms with Gasteiger partial charge in [-0.1, -0.05) is 30.3 Å². The summed E-state index contributed by atoms with van der Waals surface area (Å²) in [5.41, 5.74) is 9.22. The highest BCUT2D eigenvalue weighted by Crippen LogP contribution is 2.25. The van der Waals surface area contributed by atoms with Crippen molar-refractivity contribution in [2.75, 3.05) is 23.7 Å². The number of Topliss-reactive ketones (excluding diaryl/α,β-unsaturated/α-hetero) is 1. The van der Waals surface area contributed by atoms with Gasteiger partial charge in [0.25, 0.3) is 0 Å². The van der Waals surface area contributed by atoms with Crippen molar-refractivity contribution in [2.45, 2.75) is 32.2 Å². The van der Waals surface area contributed by atoms with Gasteiger partial charge in [-0.3, -0.25) is 4.79 Å². The number of thiazole rings is 1. The Morgan fingerprint density at radius 1 is 1.15 bits per heavy atom. The third kappa shape index (κ3) is 4.22. The molecule has 140 valence electrons. The Labute approximate surface area is 163 Å². The number of anilines is 2. The number of hydrogen-bond acceptors (Lipinski definition) is 5. The Morgan fingerprint density at radius 2 is 1.93 bits per heavy atom. The molecule has 2 aromatic heterocycles. The summed E-state index contributed by atoms with van der Waals surface area (Å²) in [6.45, 7) is 2.74. The van der Waals surface area contributed by atoms with E-state index >= 15 is 0 Å². The van der Waals surface area contributed by atoms with Gasteiger partial charge in [0.1, 0.15) is 0 Å². The minimum atomic E-state index is 0.0735. The van der Waals surface area contributed by atoms with Gasteiger partial charge < -0.3 is 15.2 Å². The summed E-state index contributed by atoms with van der Waals surface area (Å²) in [7, 11) is 0. The molecular weight excluding hydrogens is 356 g/mol. The molecule has 0 bridgehead atoms. The van der Waals surface area contributed by atoms with Crippen LogP contribution in [0, 0.1) is 0 Å². The van der Waals surface area contributed by atoms with Gasteiger partial charge in [-0.05, 0) is 30.9 Å². The van der Waals surface area contributed by atoms with E-state index in [1.807, 2.05) is 41.1 Å². The molecule has 1 aliphatic heterocycles. The van der Waals surface area contributed by atoms with Crippen LogP contribution in [0.15, 0.2) is 48.0 Å². The van der Waals surface area contributed by atoms with Crippen LogP contribution in [0.1, 0.15) is 41.0 Å². The molecule has 27 heavy (non-hydrogen) atoms. The van der Waals surface area contributed by atoms with Crippen LogP contribution in [0.3, 0.4) is 0 Å². The van der Waals surface area contributed by atoms with Crippen LogP contribution in [0.2, 0.25) is 0 Å². The van der Waals surface area contributed by atoms with E-state index in [0.29, 0.717) is 24.3 Å². The van der Waals surface area contributed by atoms with Crippen molar-refractivity contribution in [3.8, 4) is 0 Å². The molecule has 3 aromatic rings.